The Bertz CT molecular complexity index is 2090. The Kier molecular flexibility index (Phi) is 9.72. The van der Waals surface area contributed by atoms with Crippen LogP contribution in [0.2, 0.25) is 0 Å². The van der Waals surface area contributed by atoms with Crippen LogP contribution >= 0.6 is 0 Å². The summed E-state index contributed by atoms with van der Waals surface area (Å²) in [6.07, 6.45) is 20.8. The van der Waals surface area contributed by atoms with E-state index in [9.17, 15) is 0 Å². The van der Waals surface area contributed by atoms with Gasteiger partial charge in [-0.2, -0.15) is 4.58 Å². The lowest BCUT2D eigenvalue weighted by molar-refractivity contribution is -2.00. The molecule has 7 heteroatoms. The Hall–Kier alpha value is -4.04. The van der Waals surface area contributed by atoms with Crippen LogP contribution in [0.4, 0.5) is 5.69 Å². The average Bonchev–Trinajstić information content (AvgIpc) is 3.37. The van der Waals surface area contributed by atoms with E-state index in [0.29, 0.717) is 0 Å². The summed E-state index contributed by atoms with van der Waals surface area (Å²) in [6, 6.07) is 22.3. The molecule has 6 nitrogen and oxygen atoms in total. The first-order valence-electron chi connectivity index (χ1n) is 17.7. The number of halogens is 1. The number of rotatable bonds is 4. The molecule has 0 N–H and O–H groups in total. The summed E-state index contributed by atoms with van der Waals surface area (Å²) in [5.74, 6) is 0. The van der Waals surface area contributed by atoms with Gasteiger partial charge in [-0.15, -0.1) is 10.2 Å². The van der Waals surface area contributed by atoms with Gasteiger partial charge in [-0.1, -0.05) is 107 Å². The molecule has 0 spiro atoms. The highest BCUT2D eigenvalue weighted by molar-refractivity contribution is 6.07. The molecular weight excluding hydrogens is 656 g/mol. The molecule has 0 unspecified atom stereocenters. The van der Waals surface area contributed by atoms with Crippen molar-refractivity contribution in [1.82, 2.24) is 4.90 Å². The molecule has 0 bridgehead atoms. The van der Waals surface area contributed by atoms with Crippen molar-refractivity contribution in [3.05, 3.63) is 142 Å². The second-order valence-corrected chi connectivity index (χ2v) is 16.8. The van der Waals surface area contributed by atoms with Crippen LogP contribution in [0.15, 0.2) is 126 Å². The van der Waals surface area contributed by atoms with Gasteiger partial charge in [0.15, 0.2) is 5.71 Å². The summed E-state index contributed by atoms with van der Waals surface area (Å²) in [5, 5.41) is 2.67. The molecule has 3 aromatic rings. The van der Waals surface area contributed by atoms with Crippen LogP contribution in [0.3, 0.4) is 0 Å². The topological polar surface area (TPSA) is 98.5 Å². The molecule has 0 saturated heterocycles. The van der Waals surface area contributed by atoms with E-state index in [-0.39, 0.29) is 16.2 Å². The van der Waals surface area contributed by atoms with Gasteiger partial charge in [0, 0.05) is 41.6 Å². The van der Waals surface area contributed by atoms with E-state index in [1.165, 1.54) is 67.0 Å². The third kappa shape index (κ3) is 7.35. The molecule has 0 saturated carbocycles. The van der Waals surface area contributed by atoms with E-state index in [0.717, 1.165) is 25.7 Å². The van der Waals surface area contributed by atoms with Gasteiger partial charge >= 0.3 is 0 Å². The second kappa shape index (κ2) is 13.5. The van der Waals surface area contributed by atoms with Crippen LogP contribution < -0.4 is 18.6 Å². The maximum Gasteiger partial charge on any atom is 0.210 e. The first-order chi connectivity index (χ1) is 23.9. The lowest BCUT2D eigenvalue weighted by atomic mass is 9.74. The minimum Gasteiger partial charge on any atom is -0.350 e. The van der Waals surface area contributed by atoms with Gasteiger partial charge in [-0.25, -0.2) is 18.6 Å². The Labute approximate surface area is 305 Å². The highest BCUT2D eigenvalue weighted by Gasteiger charge is 2.44. The molecule has 2 heterocycles. The second-order valence-electron chi connectivity index (χ2n) is 16.0. The molecule has 2 aliphatic carbocycles. The summed E-state index contributed by atoms with van der Waals surface area (Å²) in [5.41, 5.74) is 14.3. The van der Waals surface area contributed by atoms with Gasteiger partial charge in [-0.3, -0.25) is 0 Å². The van der Waals surface area contributed by atoms with Crippen LogP contribution in [0, 0.1) is 21.1 Å². The minimum atomic E-state index is -4.94. The lowest BCUT2D eigenvalue weighted by Gasteiger charge is -2.30. The molecule has 266 valence electrons. The molecular formula is C44H49ClN2O4. The predicted octanol–water partition coefficient (Wildman–Crippen LogP) is 6.09. The molecule has 0 radical (unpaired) electrons. The number of hydrogen-bond donors (Lipinski definition) is 0. The van der Waals surface area contributed by atoms with Crippen molar-refractivity contribution in [3.63, 3.8) is 0 Å². The van der Waals surface area contributed by atoms with E-state index in [2.05, 4.69) is 168 Å². The Morgan fingerprint density at radius 1 is 0.765 bits per heavy atom. The Morgan fingerprint density at radius 3 is 2.18 bits per heavy atom. The summed E-state index contributed by atoms with van der Waals surface area (Å²) in [4.78, 5) is 2.46. The van der Waals surface area contributed by atoms with Crippen molar-refractivity contribution >= 4 is 27.7 Å². The minimum absolute atomic E-state index is 0.0220. The maximum absolute atomic E-state index is 8.49. The van der Waals surface area contributed by atoms with Crippen molar-refractivity contribution in [2.75, 3.05) is 14.1 Å². The molecule has 0 atom stereocenters. The molecule has 4 aliphatic rings. The summed E-state index contributed by atoms with van der Waals surface area (Å²) < 4.78 is 36.4. The van der Waals surface area contributed by atoms with Gasteiger partial charge < -0.3 is 4.90 Å². The normalized spacial score (nSPS) is 22.1. The molecule has 0 amide bonds. The van der Waals surface area contributed by atoms with E-state index in [1.807, 2.05) is 0 Å². The highest BCUT2D eigenvalue weighted by atomic mass is 35.7. The van der Waals surface area contributed by atoms with Gasteiger partial charge in [0.1, 0.15) is 7.05 Å². The largest absolute Gasteiger partial charge is 0.350 e. The van der Waals surface area contributed by atoms with Crippen molar-refractivity contribution in [3.8, 4) is 0 Å². The summed E-state index contributed by atoms with van der Waals surface area (Å²) in [7, 11) is -0.472. The number of benzene rings is 3. The van der Waals surface area contributed by atoms with Crippen molar-refractivity contribution in [2.24, 2.45) is 10.8 Å². The number of hydrogen-bond acceptors (Lipinski definition) is 5. The number of fused-ring (bicyclic) bond motifs is 5. The van der Waals surface area contributed by atoms with E-state index < -0.39 is 10.2 Å². The van der Waals surface area contributed by atoms with Gasteiger partial charge in [0.2, 0.25) is 5.69 Å². The lowest BCUT2D eigenvalue weighted by Crippen LogP contribution is -2.68. The van der Waals surface area contributed by atoms with Crippen molar-refractivity contribution < 1.29 is 33.5 Å². The van der Waals surface area contributed by atoms with Crippen LogP contribution in [-0.4, -0.2) is 29.3 Å². The third-order valence-electron chi connectivity index (χ3n) is 11.0. The fourth-order valence-electron chi connectivity index (χ4n) is 9.00. The van der Waals surface area contributed by atoms with Crippen LogP contribution in [0.25, 0.3) is 16.3 Å². The SMILES string of the molecule is CN1C2=C(c3ccccc3CC2)C(C)(C)/C1=C\C=C\C1=CC(=C/C=C/C2=[N+](C)c3ccc4ccccc4c3C2(C)C)/CC(C)(C)C1.[O-][Cl+3]([O-])([O-])[O-]. The zero-order chi connectivity index (χ0) is 36.9. The Balaban J connectivity index is 0.000000839. The fourth-order valence-corrected chi connectivity index (χ4v) is 9.00. The monoisotopic (exact) mass is 704 g/mol. The average molecular weight is 705 g/mol. The quantitative estimate of drug-likeness (QED) is 0.307. The standard InChI is InChI=1S/C44H49N2.ClHO4/c1-42(2)28-30(15-13-21-38-43(3,4)40-34-19-11-9-17-32(34)23-25-36(40)45(38)7)27-31(29-42)16-14-22-39-44(5,6)41-35-20-12-10-18-33(35)24-26-37(41)46(39)8;2-1(3,4)5/h9-23,25,27H,24,26,28-29H2,1-8H3;(H,2,3,4,5)/q+1;/p-1. The smallest absolute Gasteiger partial charge is 0.210 e. The summed E-state index contributed by atoms with van der Waals surface area (Å²) in [6.45, 7) is 14.3. The number of allylic oxidation sites excluding steroid dienone is 11. The third-order valence-corrected chi connectivity index (χ3v) is 11.0. The van der Waals surface area contributed by atoms with Gasteiger partial charge in [-0.05, 0) is 95.7 Å². The number of nitrogens with zero attached hydrogens (tertiary/aromatic N) is 2. The van der Waals surface area contributed by atoms with Crippen LogP contribution in [-0.2, 0) is 11.8 Å². The number of aryl methyl sites for hydroxylation is 1. The summed E-state index contributed by atoms with van der Waals surface area (Å²) >= 11 is 0. The fraction of sp³-hybridized carbons (Fsp3) is 0.341. The van der Waals surface area contributed by atoms with Gasteiger partial charge in [0.05, 0.1) is 5.41 Å². The van der Waals surface area contributed by atoms with Gasteiger partial charge in [0.25, 0.3) is 0 Å². The molecule has 7 rings (SSSR count). The maximum atomic E-state index is 8.49. The molecule has 2 aliphatic heterocycles. The van der Waals surface area contributed by atoms with Crippen LogP contribution in [0.5, 0.6) is 0 Å². The van der Waals surface area contributed by atoms with Crippen molar-refractivity contribution in [2.45, 2.75) is 72.6 Å². The van der Waals surface area contributed by atoms with Crippen molar-refractivity contribution in [1.29, 1.82) is 0 Å². The highest BCUT2D eigenvalue weighted by Crippen LogP contribution is 2.54. The first-order valence-corrected chi connectivity index (χ1v) is 18.9. The molecule has 3 aromatic carbocycles. The zero-order valence-corrected chi connectivity index (χ0v) is 31.8. The van der Waals surface area contributed by atoms with Crippen LogP contribution in [0.1, 0.15) is 77.5 Å². The van der Waals surface area contributed by atoms with E-state index >= 15 is 0 Å². The first kappa shape index (κ1) is 36.7. The zero-order valence-electron chi connectivity index (χ0n) is 31.0. The van der Waals surface area contributed by atoms with E-state index in [4.69, 9.17) is 18.6 Å². The molecule has 0 fully saturated rings. The molecule has 0 aromatic heterocycles. The Morgan fingerprint density at radius 2 is 1.43 bits per heavy atom. The molecule has 51 heavy (non-hydrogen) atoms. The van der Waals surface area contributed by atoms with E-state index in [1.54, 1.807) is 0 Å². The predicted molar refractivity (Wildman–Crippen MR) is 197 cm³/mol.